The second-order valence-corrected chi connectivity index (χ2v) is 4.62. The summed E-state index contributed by atoms with van der Waals surface area (Å²) < 4.78 is 1.77. The SMILES string of the molecule is Cn1ccc(CNCC(O)c2cccs2)n1. The standard InChI is InChI=1S/C11H15N3OS/c1-14-5-4-9(13-14)7-12-8-10(15)11-3-2-6-16-11/h2-6,10,12,15H,7-8H2,1H3. The highest BCUT2D eigenvalue weighted by Crippen LogP contribution is 2.17. The molecular formula is C11H15N3OS. The molecule has 86 valence electrons. The Morgan fingerprint density at radius 1 is 1.56 bits per heavy atom. The number of rotatable bonds is 5. The molecule has 0 aliphatic rings. The van der Waals surface area contributed by atoms with Crippen LogP contribution in [-0.2, 0) is 13.6 Å². The lowest BCUT2D eigenvalue weighted by Gasteiger charge is -2.08. The summed E-state index contributed by atoms with van der Waals surface area (Å²) in [6.45, 7) is 1.24. The molecule has 5 heteroatoms. The van der Waals surface area contributed by atoms with Gasteiger partial charge in [0.2, 0.25) is 0 Å². The number of thiophene rings is 1. The number of aliphatic hydroxyl groups excluding tert-OH is 1. The van der Waals surface area contributed by atoms with Crippen molar-refractivity contribution in [2.24, 2.45) is 7.05 Å². The minimum Gasteiger partial charge on any atom is -0.386 e. The number of aromatic nitrogens is 2. The molecule has 2 heterocycles. The third-order valence-corrected chi connectivity index (χ3v) is 3.26. The smallest absolute Gasteiger partial charge is 0.101 e. The van der Waals surface area contributed by atoms with Crippen LogP contribution >= 0.6 is 11.3 Å². The fourth-order valence-corrected chi connectivity index (χ4v) is 2.19. The lowest BCUT2D eigenvalue weighted by atomic mass is 10.3. The number of hydrogen-bond acceptors (Lipinski definition) is 4. The minimum absolute atomic E-state index is 0.427. The molecule has 2 aromatic rings. The summed E-state index contributed by atoms with van der Waals surface area (Å²) in [6.07, 6.45) is 1.48. The molecule has 0 amide bonds. The molecule has 0 aliphatic heterocycles. The highest BCUT2D eigenvalue weighted by molar-refractivity contribution is 7.10. The summed E-state index contributed by atoms with van der Waals surface area (Å²) in [5.41, 5.74) is 0.987. The third kappa shape index (κ3) is 2.91. The maximum absolute atomic E-state index is 9.81. The molecule has 1 atom stereocenters. The summed E-state index contributed by atoms with van der Waals surface area (Å²) in [6, 6.07) is 5.85. The zero-order valence-corrected chi connectivity index (χ0v) is 9.94. The first-order valence-electron chi connectivity index (χ1n) is 5.16. The van der Waals surface area contributed by atoms with E-state index in [4.69, 9.17) is 0 Å². The van der Waals surface area contributed by atoms with Gasteiger partial charge in [0.25, 0.3) is 0 Å². The van der Waals surface area contributed by atoms with Crippen molar-refractivity contribution in [1.29, 1.82) is 0 Å². The van der Waals surface area contributed by atoms with E-state index in [2.05, 4.69) is 10.4 Å². The van der Waals surface area contributed by atoms with Gasteiger partial charge in [-0.2, -0.15) is 5.10 Å². The zero-order valence-electron chi connectivity index (χ0n) is 9.13. The third-order valence-electron chi connectivity index (χ3n) is 2.28. The van der Waals surface area contributed by atoms with Crippen LogP contribution in [0.1, 0.15) is 16.7 Å². The molecule has 0 spiro atoms. The van der Waals surface area contributed by atoms with Crippen molar-refractivity contribution in [3.63, 3.8) is 0 Å². The molecule has 0 fully saturated rings. The Morgan fingerprint density at radius 2 is 2.44 bits per heavy atom. The Bertz CT molecular complexity index is 424. The van der Waals surface area contributed by atoms with Crippen molar-refractivity contribution in [3.8, 4) is 0 Å². The van der Waals surface area contributed by atoms with Crippen LogP contribution in [0.4, 0.5) is 0 Å². The van der Waals surface area contributed by atoms with E-state index in [9.17, 15) is 5.11 Å². The second-order valence-electron chi connectivity index (χ2n) is 3.64. The quantitative estimate of drug-likeness (QED) is 0.824. The normalized spacial score (nSPS) is 12.9. The molecule has 1 unspecified atom stereocenters. The first kappa shape index (κ1) is 11.3. The Kier molecular flexibility index (Phi) is 3.71. The van der Waals surface area contributed by atoms with Crippen molar-refractivity contribution >= 4 is 11.3 Å². The average molecular weight is 237 g/mol. The molecular weight excluding hydrogens is 222 g/mol. The minimum atomic E-state index is -0.427. The van der Waals surface area contributed by atoms with Crippen LogP contribution in [-0.4, -0.2) is 21.4 Å². The zero-order chi connectivity index (χ0) is 11.4. The lowest BCUT2D eigenvalue weighted by Crippen LogP contribution is -2.20. The van der Waals surface area contributed by atoms with Crippen molar-refractivity contribution in [3.05, 3.63) is 40.3 Å². The topological polar surface area (TPSA) is 50.1 Å². The lowest BCUT2D eigenvalue weighted by molar-refractivity contribution is 0.178. The van der Waals surface area contributed by atoms with E-state index in [1.54, 1.807) is 16.0 Å². The number of hydrogen-bond donors (Lipinski definition) is 2. The van der Waals surface area contributed by atoms with Gasteiger partial charge in [0.15, 0.2) is 0 Å². The van der Waals surface area contributed by atoms with E-state index in [1.165, 1.54) is 0 Å². The molecule has 0 aromatic carbocycles. The summed E-state index contributed by atoms with van der Waals surface area (Å²) in [5.74, 6) is 0. The molecule has 0 bridgehead atoms. The molecule has 2 aromatic heterocycles. The summed E-state index contributed by atoms with van der Waals surface area (Å²) in [4.78, 5) is 0.994. The molecule has 2 rings (SSSR count). The van der Waals surface area contributed by atoms with Gasteiger partial charge in [0, 0.05) is 31.2 Å². The van der Waals surface area contributed by atoms with Crippen LogP contribution in [0.25, 0.3) is 0 Å². The predicted molar refractivity (Wildman–Crippen MR) is 64.2 cm³/mol. The Morgan fingerprint density at radius 3 is 3.06 bits per heavy atom. The largest absolute Gasteiger partial charge is 0.386 e. The molecule has 4 nitrogen and oxygen atoms in total. The molecule has 0 saturated carbocycles. The van der Waals surface area contributed by atoms with Crippen molar-refractivity contribution in [2.45, 2.75) is 12.6 Å². The first-order valence-corrected chi connectivity index (χ1v) is 6.04. The van der Waals surface area contributed by atoms with Crippen molar-refractivity contribution in [1.82, 2.24) is 15.1 Å². The predicted octanol–water partition coefficient (Wildman–Crippen LogP) is 1.30. The second kappa shape index (κ2) is 5.25. The molecule has 16 heavy (non-hydrogen) atoms. The van der Waals surface area contributed by atoms with E-state index in [-0.39, 0.29) is 0 Å². The number of aryl methyl sites for hydroxylation is 1. The number of nitrogens with zero attached hydrogens (tertiary/aromatic N) is 2. The maximum atomic E-state index is 9.81. The van der Waals surface area contributed by atoms with Gasteiger partial charge in [0.1, 0.15) is 6.10 Å². The van der Waals surface area contributed by atoms with Crippen molar-refractivity contribution < 1.29 is 5.11 Å². The van der Waals surface area contributed by atoms with Crippen LogP contribution in [0.2, 0.25) is 0 Å². The van der Waals surface area contributed by atoms with E-state index in [0.29, 0.717) is 13.1 Å². The van der Waals surface area contributed by atoms with Gasteiger partial charge in [-0.3, -0.25) is 4.68 Å². The summed E-state index contributed by atoms with van der Waals surface area (Å²) in [5, 5.41) is 19.2. The Balaban J connectivity index is 1.76. The van der Waals surface area contributed by atoms with Gasteiger partial charge >= 0.3 is 0 Å². The van der Waals surface area contributed by atoms with Gasteiger partial charge < -0.3 is 10.4 Å². The highest BCUT2D eigenvalue weighted by Gasteiger charge is 2.07. The van der Waals surface area contributed by atoms with Gasteiger partial charge in [-0.1, -0.05) is 6.07 Å². The Labute approximate surface area is 98.5 Å². The van der Waals surface area contributed by atoms with Crippen LogP contribution in [0, 0.1) is 0 Å². The van der Waals surface area contributed by atoms with Gasteiger partial charge in [-0.25, -0.2) is 0 Å². The summed E-state index contributed by atoms with van der Waals surface area (Å²) in [7, 11) is 1.89. The van der Waals surface area contributed by atoms with Gasteiger partial charge in [-0.15, -0.1) is 11.3 Å². The van der Waals surface area contributed by atoms with Gasteiger partial charge in [0.05, 0.1) is 5.69 Å². The van der Waals surface area contributed by atoms with E-state index in [1.807, 2.05) is 36.8 Å². The van der Waals surface area contributed by atoms with Crippen LogP contribution in [0.5, 0.6) is 0 Å². The summed E-state index contributed by atoms with van der Waals surface area (Å²) >= 11 is 1.57. The van der Waals surface area contributed by atoms with Crippen LogP contribution in [0.15, 0.2) is 29.8 Å². The monoisotopic (exact) mass is 237 g/mol. The number of aliphatic hydroxyl groups is 1. The molecule has 0 aliphatic carbocycles. The van der Waals surface area contributed by atoms with Crippen molar-refractivity contribution in [2.75, 3.05) is 6.54 Å². The average Bonchev–Trinajstić information content (AvgIpc) is 2.89. The maximum Gasteiger partial charge on any atom is 0.101 e. The Hall–Kier alpha value is -1.17. The molecule has 0 saturated heterocycles. The van der Waals surface area contributed by atoms with Gasteiger partial charge in [-0.05, 0) is 17.5 Å². The van der Waals surface area contributed by atoms with E-state index in [0.717, 1.165) is 10.6 Å². The highest BCUT2D eigenvalue weighted by atomic mass is 32.1. The van der Waals surface area contributed by atoms with Crippen LogP contribution in [0.3, 0.4) is 0 Å². The molecule has 0 radical (unpaired) electrons. The fourth-order valence-electron chi connectivity index (χ4n) is 1.48. The van der Waals surface area contributed by atoms with E-state index < -0.39 is 6.10 Å². The fraction of sp³-hybridized carbons (Fsp3) is 0.364. The van der Waals surface area contributed by atoms with E-state index >= 15 is 0 Å². The van der Waals surface area contributed by atoms with Crippen LogP contribution < -0.4 is 5.32 Å². The number of nitrogens with one attached hydrogen (secondary N) is 1. The first-order chi connectivity index (χ1) is 7.75. The molecule has 2 N–H and O–H groups in total.